The minimum Gasteiger partial charge on any atom is -0.446 e. The Morgan fingerprint density at radius 1 is 1.53 bits per heavy atom. The van der Waals surface area contributed by atoms with Crippen LogP contribution in [-0.2, 0) is 11.2 Å². The molecular weight excluding hydrogens is 238 g/mol. The van der Waals surface area contributed by atoms with Crippen LogP contribution in [0.25, 0.3) is 0 Å². The fourth-order valence-corrected chi connectivity index (χ4v) is 1.58. The van der Waals surface area contributed by atoms with Gasteiger partial charge in [0, 0.05) is 24.9 Å². The number of halogens is 1. The van der Waals surface area contributed by atoms with Crippen LogP contribution in [0.1, 0.15) is 12.0 Å². The summed E-state index contributed by atoms with van der Waals surface area (Å²) in [7, 11) is 1.54. The molecule has 0 spiro atoms. The van der Waals surface area contributed by atoms with Gasteiger partial charge in [0.1, 0.15) is 6.10 Å². The van der Waals surface area contributed by atoms with Crippen molar-refractivity contribution in [3.8, 4) is 0 Å². The molecular formula is C13H16ClNO2. The van der Waals surface area contributed by atoms with Crippen molar-refractivity contribution < 1.29 is 9.53 Å². The zero-order valence-electron chi connectivity index (χ0n) is 9.78. The summed E-state index contributed by atoms with van der Waals surface area (Å²) in [6.07, 6.45) is 2.38. The smallest absolute Gasteiger partial charge is 0.407 e. The summed E-state index contributed by atoms with van der Waals surface area (Å²) in [5.41, 5.74) is 1.07. The zero-order valence-corrected chi connectivity index (χ0v) is 10.5. The first-order valence-electron chi connectivity index (χ1n) is 5.39. The van der Waals surface area contributed by atoms with Crippen LogP contribution in [0, 0.1) is 0 Å². The Labute approximate surface area is 106 Å². The highest BCUT2D eigenvalue weighted by Gasteiger charge is 2.12. The Kier molecular flexibility index (Phi) is 5.57. The van der Waals surface area contributed by atoms with Crippen molar-refractivity contribution in [1.29, 1.82) is 0 Å². The van der Waals surface area contributed by atoms with Gasteiger partial charge >= 0.3 is 6.09 Å². The highest BCUT2D eigenvalue weighted by atomic mass is 35.5. The van der Waals surface area contributed by atoms with Gasteiger partial charge in [-0.2, -0.15) is 0 Å². The maximum atomic E-state index is 11.2. The maximum absolute atomic E-state index is 11.2. The van der Waals surface area contributed by atoms with Crippen LogP contribution in [0.5, 0.6) is 0 Å². The molecule has 1 N–H and O–H groups in total. The van der Waals surface area contributed by atoms with Crippen LogP contribution >= 0.6 is 11.6 Å². The predicted molar refractivity (Wildman–Crippen MR) is 69.3 cm³/mol. The lowest BCUT2D eigenvalue weighted by atomic mass is 10.1. The Morgan fingerprint density at radius 2 is 2.18 bits per heavy atom. The summed E-state index contributed by atoms with van der Waals surface area (Å²) in [6.45, 7) is 3.66. The first-order chi connectivity index (χ1) is 8.15. The molecule has 0 saturated carbocycles. The normalized spacial score (nSPS) is 11.6. The lowest BCUT2D eigenvalue weighted by Gasteiger charge is -2.16. The number of amides is 1. The largest absolute Gasteiger partial charge is 0.446 e. The standard InChI is InChI=1S/C13H16ClNO2/c1-3-4-12(17-13(16)15-2)9-10-5-7-11(14)8-6-10/h3,5-8,12H,1,4,9H2,2H3,(H,15,16). The van der Waals surface area contributed by atoms with Gasteiger partial charge in [0.05, 0.1) is 0 Å². The topological polar surface area (TPSA) is 38.3 Å². The summed E-state index contributed by atoms with van der Waals surface area (Å²) in [5.74, 6) is 0. The molecule has 0 saturated heterocycles. The van der Waals surface area contributed by atoms with Gasteiger partial charge in [0.25, 0.3) is 0 Å². The average Bonchev–Trinajstić information content (AvgIpc) is 2.32. The van der Waals surface area contributed by atoms with Crippen molar-refractivity contribution in [2.24, 2.45) is 0 Å². The van der Waals surface area contributed by atoms with E-state index in [1.165, 1.54) is 7.05 Å². The first kappa shape index (κ1) is 13.6. The highest BCUT2D eigenvalue weighted by Crippen LogP contribution is 2.14. The number of carbonyl (C=O) groups excluding carboxylic acids is 1. The van der Waals surface area contributed by atoms with E-state index >= 15 is 0 Å². The molecule has 0 fully saturated rings. The Bertz CT molecular complexity index is 376. The highest BCUT2D eigenvalue weighted by molar-refractivity contribution is 6.30. The van der Waals surface area contributed by atoms with Crippen LogP contribution in [-0.4, -0.2) is 19.2 Å². The van der Waals surface area contributed by atoms with E-state index in [1.807, 2.05) is 24.3 Å². The first-order valence-corrected chi connectivity index (χ1v) is 5.77. The number of ether oxygens (including phenoxy) is 1. The number of alkyl carbamates (subject to hydrolysis) is 1. The Hall–Kier alpha value is -1.48. The van der Waals surface area contributed by atoms with Gasteiger partial charge in [0.15, 0.2) is 0 Å². The second kappa shape index (κ2) is 6.97. The fraction of sp³-hybridized carbons (Fsp3) is 0.308. The third-order valence-electron chi connectivity index (χ3n) is 2.28. The average molecular weight is 254 g/mol. The summed E-state index contributed by atoms with van der Waals surface area (Å²) < 4.78 is 5.22. The van der Waals surface area contributed by atoms with E-state index in [0.717, 1.165) is 5.56 Å². The van der Waals surface area contributed by atoms with Crippen molar-refractivity contribution in [3.05, 3.63) is 47.5 Å². The number of hydrogen-bond donors (Lipinski definition) is 1. The van der Waals surface area contributed by atoms with Gasteiger partial charge < -0.3 is 10.1 Å². The predicted octanol–water partition coefficient (Wildman–Crippen LogP) is 3.18. The van der Waals surface area contributed by atoms with E-state index in [-0.39, 0.29) is 6.10 Å². The maximum Gasteiger partial charge on any atom is 0.407 e. The molecule has 0 bridgehead atoms. The molecule has 4 heteroatoms. The molecule has 0 aliphatic rings. The van der Waals surface area contributed by atoms with Crippen LogP contribution in [0.15, 0.2) is 36.9 Å². The summed E-state index contributed by atoms with van der Waals surface area (Å²) in [6, 6.07) is 7.49. The molecule has 1 amide bonds. The molecule has 0 radical (unpaired) electrons. The van der Waals surface area contributed by atoms with Crippen LogP contribution in [0.2, 0.25) is 5.02 Å². The number of benzene rings is 1. The molecule has 1 aromatic carbocycles. The molecule has 0 heterocycles. The lowest BCUT2D eigenvalue weighted by Crippen LogP contribution is -2.27. The second-order valence-corrected chi connectivity index (χ2v) is 4.07. The van der Waals surface area contributed by atoms with Gasteiger partial charge in [-0.1, -0.05) is 29.8 Å². The van der Waals surface area contributed by atoms with E-state index in [9.17, 15) is 4.79 Å². The zero-order chi connectivity index (χ0) is 12.7. The minimum absolute atomic E-state index is 0.200. The van der Waals surface area contributed by atoms with Gasteiger partial charge in [-0.15, -0.1) is 6.58 Å². The van der Waals surface area contributed by atoms with E-state index in [4.69, 9.17) is 16.3 Å². The fourth-order valence-electron chi connectivity index (χ4n) is 1.45. The van der Waals surface area contributed by atoms with Crippen LogP contribution < -0.4 is 5.32 Å². The molecule has 1 rings (SSSR count). The van der Waals surface area contributed by atoms with Crippen molar-refractivity contribution in [2.75, 3.05) is 7.05 Å². The van der Waals surface area contributed by atoms with Crippen molar-refractivity contribution in [2.45, 2.75) is 18.9 Å². The second-order valence-electron chi connectivity index (χ2n) is 3.63. The van der Waals surface area contributed by atoms with Crippen LogP contribution in [0.4, 0.5) is 4.79 Å². The van der Waals surface area contributed by atoms with E-state index in [1.54, 1.807) is 6.08 Å². The Morgan fingerprint density at radius 3 is 2.71 bits per heavy atom. The number of carbonyl (C=O) groups is 1. The van der Waals surface area contributed by atoms with Gasteiger partial charge in [-0.05, 0) is 17.7 Å². The monoisotopic (exact) mass is 253 g/mol. The van der Waals surface area contributed by atoms with E-state index in [2.05, 4.69) is 11.9 Å². The molecule has 1 aromatic rings. The van der Waals surface area contributed by atoms with Crippen LogP contribution in [0.3, 0.4) is 0 Å². The Balaban J connectivity index is 2.62. The molecule has 1 unspecified atom stereocenters. The molecule has 0 aliphatic carbocycles. The number of rotatable bonds is 5. The summed E-state index contributed by atoms with van der Waals surface area (Å²) in [4.78, 5) is 11.2. The molecule has 0 aromatic heterocycles. The minimum atomic E-state index is -0.425. The van der Waals surface area contributed by atoms with E-state index < -0.39 is 6.09 Å². The third-order valence-corrected chi connectivity index (χ3v) is 2.54. The summed E-state index contributed by atoms with van der Waals surface area (Å²) >= 11 is 5.80. The molecule has 3 nitrogen and oxygen atoms in total. The van der Waals surface area contributed by atoms with Crippen molar-refractivity contribution in [3.63, 3.8) is 0 Å². The molecule has 0 aliphatic heterocycles. The van der Waals surface area contributed by atoms with Gasteiger partial charge in [-0.25, -0.2) is 4.79 Å². The number of hydrogen-bond acceptors (Lipinski definition) is 2. The quantitative estimate of drug-likeness (QED) is 0.819. The number of nitrogens with one attached hydrogen (secondary N) is 1. The molecule has 92 valence electrons. The van der Waals surface area contributed by atoms with Crippen molar-refractivity contribution in [1.82, 2.24) is 5.32 Å². The van der Waals surface area contributed by atoms with E-state index in [0.29, 0.717) is 17.9 Å². The van der Waals surface area contributed by atoms with Gasteiger partial charge in [0.2, 0.25) is 0 Å². The van der Waals surface area contributed by atoms with Crippen molar-refractivity contribution >= 4 is 17.7 Å². The SMILES string of the molecule is C=CCC(Cc1ccc(Cl)cc1)OC(=O)NC. The lowest BCUT2D eigenvalue weighted by molar-refractivity contribution is 0.101. The summed E-state index contributed by atoms with van der Waals surface area (Å²) in [5, 5.41) is 3.13. The van der Waals surface area contributed by atoms with Gasteiger partial charge in [-0.3, -0.25) is 0 Å². The molecule has 17 heavy (non-hydrogen) atoms. The third kappa shape index (κ3) is 4.91. The molecule has 1 atom stereocenters.